The van der Waals surface area contributed by atoms with Gasteiger partial charge < -0.3 is 10.3 Å². The van der Waals surface area contributed by atoms with Crippen LogP contribution in [0.2, 0.25) is 0 Å². The summed E-state index contributed by atoms with van der Waals surface area (Å²) in [6.45, 7) is 0. The maximum atomic E-state index is 6.29. The highest BCUT2D eigenvalue weighted by Crippen LogP contribution is 2.34. The lowest BCUT2D eigenvalue weighted by atomic mass is 9.99. The molecule has 0 bridgehead atoms. The van der Waals surface area contributed by atoms with Gasteiger partial charge in [0.2, 0.25) is 5.89 Å². The summed E-state index contributed by atoms with van der Waals surface area (Å²) in [4.78, 5) is 8.67. The SMILES string of the molecule is NC1(c2noc(CCc3nccs3)n2)CCCC1. The van der Waals surface area contributed by atoms with Gasteiger partial charge >= 0.3 is 0 Å². The Bertz CT molecular complexity index is 502. The van der Waals surface area contributed by atoms with Gasteiger partial charge in [-0.1, -0.05) is 18.0 Å². The topological polar surface area (TPSA) is 77.8 Å². The summed E-state index contributed by atoms with van der Waals surface area (Å²) >= 11 is 1.65. The lowest BCUT2D eigenvalue weighted by molar-refractivity contribution is 0.348. The molecule has 0 saturated heterocycles. The van der Waals surface area contributed by atoms with Gasteiger partial charge in [0.25, 0.3) is 0 Å². The van der Waals surface area contributed by atoms with Gasteiger partial charge in [-0.15, -0.1) is 11.3 Å². The van der Waals surface area contributed by atoms with E-state index in [1.165, 1.54) is 0 Å². The predicted molar refractivity (Wildman–Crippen MR) is 68.2 cm³/mol. The van der Waals surface area contributed by atoms with Gasteiger partial charge in [0.05, 0.1) is 10.5 Å². The van der Waals surface area contributed by atoms with E-state index in [1.54, 1.807) is 11.3 Å². The molecule has 5 nitrogen and oxygen atoms in total. The fourth-order valence-electron chi connectivity index (χ4n) is 2.38. The minimum atomic E-state index is -0.358. The van der Waals surface area contributed by atoms with Crippen molar-refractivity contribution in [3.8, 4) is 0 Å². The molecule has 96 valence electrons. The van der Waals surface area contributed by atoms with Crippen LogP contribution in [0.4, 0.5) is 0 Å². The van der Waals surface area contributed by atoms with Gasteiger partial charge in [-0.05, 0) is 12.8 Å². The van der Waals surface area contributed by atoms with Gasteiger partial charge in [0.15, 0.2) is 5.82 Å². The zero-order valence-electron chi connectivity index (χ0n) is 10.1. The number of hydrogen-bond donors (Lipinski definition) is 1. The van der Waals surface area contributed by atoms with Crippen LogP contribution < -0.4 is 5.73 Å². The monoisotopic (exact) mass is 264 g/mol. The van der Waals surface area contributed by atoms with Crippen molar-refractivity contribution < 1.29 is 4.52 Å². The van der Waals surface area contributed by atoms with Crippen molar-refractivity contribution >= 4 is 11.3 Å². The Morgan fingerprint density at radius 2 is 2.17 bits per heavy atom. The molecule has 6 heteroatoms. The van der Waals surface area contributed by atoms with Crippen molar-refractivity contribution in [2.45, 2.75) is 44.1 Å². The zero-order chi connectivity index (χ0) is 12.4. The number of nitrogens with two attached hydrogens (primary N) is 1. The molecule has 2 heterocycles. The Balaban J connectivity index is 1.66. The Hall–Kier alpha value is -1.27. The molecule has 0 aliphatic heterocycles. The van der Waals surface area contributed by atoms with Crippen LogP contribution in [0, 0.1) is 0 Å². The van der Waals surface area contributed by atoms with E-state index in [0.717, 1.165) is 43.5 Å². The standard InChI is InChI=1S/C12H16N4OS/c13-12(5-1-2-6-12)11-15-9(17-16-11)3-4-10-14-7-8-18-10/h7-8H,1-6,13H2. The molecule has 0 unspecified atom stereocenters. The second kappa shape index (κ2) is 4.78. The number of nitrogens with zero attached hydrogens (tertiary/aromatic N) is 3. The van der Waals surface area contributed by atoms with Crippen molar-refractivity contribution in [2.75, 3.05) is 0 Å². The van der Waals surface area contributed by atoms with Gasteiger partial charge in [-0.3, -0.25) is 0 Å². The molecule has 0 atom stereocenters. The molecule has 18 heavy (non-hydrogen) atoms. The average Bonchev–Trinajstić information content (AvgIpc) is 3.08. The summed E-state index contributed by atoms with van der Waals surface area (Å²) in [5, 5.41) is 7.11. The Labute approximate surface area is 109 Å². The fourth-order valence-corrected chi connectivity index (χ4v) is 3.00. The zero-order valence-corrected chi connectivity index (χ0v) is 10.9. The highest BCUT2D eigenvalue weighted by Gasteiger charge is 2.35. The van der Waals surface area contributed by atoms with Crippen LogP contribution in [0.15, 0.2) is 16.1 Å². The van der Waals surface area contributed by atoms with Crippen molar-refractivity contribution in [3.63, 3.8) is 0 Å². The second-order valence-corrected chi connectivity index (χ2v) is 5.78. The van der Waals surface area contributed by atoms with Crippen LogP contribution >= 0.6 is 11.3 Å². The summed E-state index contributed by atoms with van der Waals surface area (Å²) in [5.41, 5.74) is 5.93. The third kappa shape index (κ3) is 2.30. The van der Waals surface area contributed by atoms with E-state index in [-0.39, 0.29) is 5.54 Å². The lowest BCUT2D eigenvalue weighted by Gasteiger charge is -2.17. The molecule has 2 aromatic heterocycles. The van der Waals surface area contributed by atoms with Crippen molar-refractivity contribution in [1.82, 2.24) is 15.1 Å². The molecule has 0 spiro atoms. The van der Waals surface area contributed by atoms with E-state index >= 15 is 0 Å². The van der Waals surface area contributed by atoms with Crippen LogP contribution in [0.25, 0.3) is 0 Å². The van der Waals surface area contributed by atoms with E-state index in [2.05, 4.69) is 15.1 Å². The number of rotatable bonds is 4. The van der Waals surface area contributed by atoms with Crippen LogP contribution in [-0.2, 0) is 18.4 Å². The molecule has 1 saturated carbocycles. The molecule has 3 rings (SSSR count). The summed E-state index contributed by atoms with van der Waals surface area (Å²) in [6.07, 6.45) is 7.61. The quantitative estimate of drug-likeness (QED) is 0.914. The normalized spacial score (nSPS) is 18.3. The fraction of sp³-hybridized carbons (Fsp3) is 0.583. The lowest BCUT2D eigenvalue weighted by Crippen LogP contribution is -2.34. The van der Waals surface area contributed by atoms with E-state index < -0.39 is 0 Å². The first-order valence-electron chi connectivity index (χ1n) is 6.27. The minimum absolute atomic E-state index is 0.358. The number of thiazole rings is 1. The number of hydrogen-bond acceptors (Lipinski definition) is 6. The van der Waals surface area contributed by atoms with Crippen molar-refractivity contribution in [2.24, 2.45) is 5.73 Å². The maximum absolute atomic E-state index is 6.29. The highest BCUT2D eigenvalue weighted by atomic mass is 32.1. The molecule has 1 fully saturated rings. The van der Waals surface area contributed by atoms with Gasteiger partial charge in [0, 0.05) is 24.4 Å². The van der Waals surface area contributed by atoms with Crippen LogP contribution in [0.5, 0.6) is 0 Å². The Morgan fingerprint density at radius 1 is 1.33 bits per heavy atom. The molecular formula is C12H16N4OS. The van der Waals surface area contributed by atoms with Gasteiger partial charge in [-0.2, -0.15) is 4.98 Å². The summed E-state index contributed by atoms with van der Waals surface area (Å²) in [5.74, 6) is 1.34. The van der Waals surface area contributed by atoms with Crippen LogP contribution in [0.1, 0.15) is 42.4 Å². The Kier molecular flexibility index (Phi) is 3.13. The molecular weight excluding hydrogens is 248 g/mol. The largest absolute Gasteiger partial charge is 0.339 e. The first kappa shape index (κ1) is 11.8. The van der Waals surface area contributed by atoms with E-state index in [4.69, 9.17) is 10.3 Å². The molecule has 2 N–H and O–H groups in total. The second-order valence-electron chi connectivity index (χ2n) is 4.80. The highest BCUT2D eigenvalue weighted by molar-refractivity contribution is 7.09. The molecule has 1 aliphatic carbocycles. The third-order valence-corrected chi connectivity index (χ3v) is 4.28. The molecule has 1 aliphatic rings. The van der Waals surface area contributed by atoms with E-state index in [0.29, 0.717) is 11.7 Å². The van der Waals surface area contributed by atoms with E-state index in [9.17, 15) is 0 Å². The summed E-state index contributed by atoms with van der Waals surface area (Å²) < 4.78 is 5.28. The smallest absolute Gasteiger partial charge is 0.227 e. The predicted octanol–water partition coefficient (Wildman–Crippen LogP) is 2.04. The van der Waals surface area contributed by atoms with Gasteiger partial charge in [-0.25, -0.2) is 4.98 Å². The molecule has 0 aromatic carbocycles. The molecule has 0 amide bonds. The first-order chi connectivity index (χ1) is 8.76. The van der Waals surface area contributed by atoms with Crippen molar-refractivity contribution in [3.05, 3.63) is 28.3 Å². The summed E-state index contributed by atoms with van der Waals surface area (Å²) in [6, 6.07) is 0. The number of aryl methyl sites for hydroxylation is 2. The molecule has 2 aromatic rings. The van der Waals surface area contributed by atoms with E-state index in [1.807, 2.05) is 11.6 Å². The number of aromatic nitrogens is 3. The van der Waals surface area contributed by atoms with Gasteiger partial charge in [0.1, 0.15) is 0 Å². The minimum Gasteiger partial charge on any atom is -0.339 e. The Morgan fingerprint density at radius 3 is 2.89 bits per heavy atom. The third-order valence-electron chi connectivity index (χ3n) is 3.45. The van der Waals surface area contributed by atoms with Crippen LogP contribution in [-0.4, -0.2) is 15.1 Å². The molecule has 0 radical (unpaired) electrons. The first-order valence-corrected chi connectivity index (χ1v) is 7.15. The van der Waals surface area contributed by atoms with Crippen molar-refractivity contribution in [1.29, 1.82) is 0 Å². The summed E-state index contributed by atoms with van der Waals surface area (Å²) in [7, 11) is 0. The van der Waals surface area contributed by atoms with Crippen LogP contribution in [0.3, 0.4) is 0 Å². The average molecular weight is 264 g/mol. The maximum Gasteiger partial charge on any atom is 0.227 e.